The second-order valence-corrected chi connectivity index (χ2v) is 8.75. The Morgan fingerprint density at radius 2 is 1.57 bits per heavy atom. The molecule has 0 N–H and O–H groups in total. The van der Waals surface area contributed by atoms with Crippen LogP contribution >= 0.6 is 0 Å². The summed E-state index contributed by atoms with van der Waals surface area (Å²) in [5, 5.41) is 0. The van der Waals surface area contributed by atoms with Crippen molar-refractivity contribution in [2.45, 2.75) is 52.6 Å². The Labute approximate surface area is 93.8 Å². The fraction of sp³-hybridized carbons (Fsp3) is 1.00. The van der Waals surface area contributed by atoms with Gasteiger partial charge in [-0.2, -0.15) is 0 Å². The van der Waals surface area contributed by atoms with Crippen LogP contribution in [0.2, 0.25) is 13.1 Å². The average Bonchev–Trinajstić information content (AvgIpc) is 2.16. The van der Waals surface area contributed by atoms with E-state index in [9.17, 15) is 0 Å². The first-order valence-electron chi connectivity index (χ1n) is 6.04. The lowest BCUT2D eigenvalue weighted by molar-refractivity contribution is 0.377. The van der Waals surface area contributed by atoms with Gasteiger partial charge in [0.1, 0.15) is 0 Å². The van der Waals surface area contributed by atoms with E-state index in [1.165, 1.54) is 38.8 Å². The van der Waals surface area contributed by atoms with Gasteiger partial charge in [-0.15, -0.1) is 0 Å². The quantitative estimate of drug-likeness (QED) is 0.564. The molecule has 0 atom stereocenters. The van der Waals surface area contributed by atoms with Crippen LogP contribution in [-0.2, 0) is 4.12 Å². The summed E-state index contributed by atoms with van der Waals surface area (Å²) in [4.78, 5) is 0. The summed E-state index contributed by atoms with van der Waals surface area (Å²) in [5.74, 6) is 0. The van der Waals surface area contributed by atoms with Crippen molar-refractivity contribution in [1.29, 1.82) is 0 Å². The Morgan fingerprint density at radius 3 is 1.93 bits per heavy atom. The van der Waals surface area contributed by atoms with Gasteiger partial charge >= 0.3 is 0 Å². The van der Waals surface area contributed by atoms with Crippen molar-refractivity contribution in [3.63, 3.8) is 0 Å². The lowest BCUT2D eigenvalue weighted by Gasteiger charge is -2.22. The summed E-state index contributed by atoms with van der Waals surface area (Å²) in [6.45, 7) is 11.6. The normalized spacial score (nSPS) is 12.4. The third-order valence-corrected chi connectivity index (χ3v) is 6.51. The van der Waals surface area contributed by atoms with Gasteiger partial charge in [0.15, 0.2) is 9.04 Å². The molecule has 0 aliphatic heterocycles. The molecular weight excluding hydrogens is 206 g/mol. The molecule has 86 valence electrons. The van der Waals surface area contributed by atoms with E-state index in [2.05, 4.69) is 31.5 Å². The SMILES string of the molecule is CCCCN(CCCC)[SiH2]O[SiH](C)C. The summed E-state index contributed by atoms with van der Waals surface area (Å²) in [6, 6.07) is 0. The second-order valence-electron chi connectivity index (χ2n) is 4.17. The molecular formula is C10H27NOSi2. The minimum absolute atomic E-state index is 0.368. The zero-order valence-corrected chi connectivity index (χ0v) is 13.0. The molecule has 0 rings (SSSR count). The molecule has 0 radical (unpaired) electrons. The largest absolute Gasteiger partial charge is 0.451 e. The highest BCUT2D eigenvalue weighted by Gasteiger charge is 2.05. The zero-order chi connectivity index (χ0) is 10.8. The first-order chi connectivity index (χ1) is 6.70. The molecule has 0 spiro atoms. The number of unbranched alkanes of at least 4 members (excludes halogenated alkanes) is 2. The molecule has 14 heavy (non-hydrogen) atoms. The zero-order valence-electron chi connectivity index (χ0n) is 10.4. The maximum absolute atomic E-state index is 5.90. The number of hydrogen-bond acceptors (Lipinski definition) is 2. The average molecular weight is 234 g/mol. The smallest absolute Gasteiger partial charge is 0.227 e. The summed E-state index contributed by atoms with van der Waals surface area (Å²) in [5.41, 5.74) is 0. The van der Waals surface area contributed by atoms with Gasteiger partial charge < -0.3 is 8.68 Å². The third-order valence-electron chi connectivity index (χ3n) is 2.25. The minimum atomic E-state index is -0.774. The van der Waals surface area contributed by atoms with Crippen molar-refractivity contribution in [2.75, 3.05) is 13.1 Å². The third kappa shape index (κ3) is 8.93. The van der Waals surface area contributed by atoms with Gasteiger partial charge in [0, 0.05) is 0 Å². The van der Waals surface area contributed by atoms with Crippen molar-refractivity contribution >= 4 is 19.0 Å². The Bertz CT molecular complexity index is 115. The maximum atomic E-state index is 5.90. The van der Waals surface area contributed by atoms with E-state index in [-0.39, 0.29) is 9.92 Å². The Kier molecular flexibility index (Phi) is 10.1. The Hall–Kier alpha value is 0.354. The number of hydrogen-bond donors (Lipinski definition) is 0. The van der Waals surface area contributed by atoms with E-state index in [0.29, 0.717) is 0 Å². The van der Waals surface area contributed by atoms with Crippen molar-refractivity contribution in [3.8, 4) is 0 Å². The molecule has 0 saturated heterocycles. The van der Waals surface area contributed by atoms with E-state index in [1.54, 1.807) is 0 Å². The van der Waals surface area contributed by atoms with Crippen LogP contribution < -0.4 is 0 Å². The summed E-state index contributed by atoms with van der Waals surface area (Å²) in [6.07, 6.45) is 5.27. The molecule has 4 heteroatoms. The van der Waals surface area contributed by atoms with Crippen LogP contribution in [0.25, 0.3) is 0 Å². The van der Waals surface area contributed by atoms with E-state index in [4.69, 9.17) is 4.12 Å². The molecule has 0 aromatic carbocycles. The van der Waals surface area contributed by atoms with Crippen molar-refractivity contribution in [2.24, 2.45) is 0 Å². The van der Waals surface area contributed by atoms with E-state index >= 15 is 0 Å². The van der Waals surface area contributed by atoms with Crippen LogP contribution in [0.4, 0.5) is 0 Å². The van der Waals surface area contributed by atoms with Gasteiger partial charge in [-0.05, 0) is 39.0 Å². The van der Waals surface area contributed by atoms with Crippen LogP contribution in [0.15, 0.2) is 0 Å². The van der Waals surface area contributed by atoms with Crippen LogP contribution in [0.3, 0.4) is 0 Å². The second kappa shape index (κ2) is 9.89. The van der Waals surface area contributed by atoms with Gasteiger partial charge in [-0.3, -0.25) is 0 Å². The van der Waals surface area contributed by atoms with Crippen LogP contribution in [0, 0.1) is 0 Å². The van der Waals surface area contributed by atoms with Crippen molar-refractivity contribution in [3.05, 3.63) is 0 Å². The molecule has 0 bridgehead atoms. The van der Waals surface area contributed by atoms with Crippen LogP contribution in [-0.4, -0.2) is 36.6 Å². The highest BCUT2D eigenvalue weighted by atomic mass is 28.3. The monoisotopic (exact) mass is 233 g/mol. The van der Waals surface area contributed by atoms with Crippen LogP contribution in [0.1, 0.15) is 39.5 Å². The first-order valence-corrected chi connectivity index (χ1v) is 10.0. The highest BCUT2D eigenvalue weighted by Crippen LogP contribution is 1.98. The lowest BCUT2D eigenvalue weighted by Crippen LogP contribution is -2.34. The first kappa shape index (κ1) is 14.4. The van der Waals surface area contributed by atoms with E-state index in [1.807, 2.05) is 0 Å². The van der Waals surface area contributed by atoms with Gasteiger partial charge in [-0.1, -0.05) is 26.7 Å². The molecule has 2 nitrogen and oxygen atoms in total. The minimum Gasteiger partial charge on any atom is -0.451 e. The molecule has 0 aliphatic carbocycles. The highest BCUT2D eigenvalue weighted by molar-refractivity contribution is 6.55. The van der Waals surface area contributed by atoms with Gasteiger partial charge in [0.2, 0.25) is 9.92 Å². The predicted molar refractivity (Wildman–Crippen MR) is 69.9 cm³/mol. The molecule has 0 heterocycles. The van der Waals surface area contributed by atoms with E-state index < -0.39 is 9.04 Å². The van der Waals surface area contributed by atoms with E-state index in [0.717, 1.165) is 0 Å². The standard InChI is InChI=1S/C10H27NOSi2/c1-5-7-9-11(10-8-6-2)13-12-14(3)4/h14H,5-10,13H2,1-4H3. The molecule has 0 fully saturated rings. The Balaban J connectivity index is 3.60. The summed E-state index contributed by atoms with van der Waals surface area (Å²) < 4.78 is 8.50. The van der Waals surface area contributed by atoms with Crippen molar-refractivity contribution < 1.29 is 4.12 Å². The summed E-state index contributed by atoms with van der Waals surface area (Å²) in [7, 11) is -1.14. The molecule has 0 amide bonds. The fourth-order valence-electron chi connectivity index (χ4n) is 1.26. The summed E-state index contributed by atoms with van der Waals surface area (Å²) >= 11 is 0. The lowest BCUT2D eigenvalue weighted by atomic mass is 10.3. The topological polar surface area (TPSA) is 12.5 Å². The van der Waals surface area contributed by atoms with Gasteiger partial charge in [0.25, 0.3) is 0 Å². The molecule has 0 unspecified atom stereocenters. The predicted octanol–water partition coefficient (Wildman–Crippen LogP) is 1.89. The maximum Gasteiger partial charge on any atom is 0.227 e. The Morgan fingerprint density at radius 1 is 1.07 bits per heavy atom. The van der Waals surface area contributed by atoms with Gasteiger partial charge in [-0.25, -0.2) is 0 Å². The number of rotatable bonds is 9. The van der Waals surface area contributed by atoms with Crippen LogP contribution in [0.5, 0.6) is 0 Å². The molecule has 0 saturated carbocycles. The fourth-order valence-corrected chi connectivity index (χ4v) is 4.00. The molecule has 0 aromatic rings. The molecule has 0 aromatic heterocycles. The van der Waals surface area contributed by atoms with Crippen molar-refractivity contribution in [1.82, 2.24) is 4.57 Å². The number of nitrogens with zero attached hydrogens (tertiary/aromatic N) is 1. The van der Waals surface area contributed by atoms with Gasteiger partial charge in [0.05, 0.1) is 0 Å². The molecule has 0 aliphatic rings.